The number of esters is 1. The Morgan fingerprint density at radius 1 is 1.12 bits per heavy atom. The van der Waals surface area contributed by atoms with Crippen LogP contribution in [-0.2, 0) is 11.2 Å². The minimum absolute atomic E-state index is 0.324. The van der Waals surface area contributed by atoms with Crippen molar-refractivity contribution >= 4 is 17.7 Å². The number of hydrogen-bond acceptors (Lipinski definition) is 6. The Balaban J connectivity index is 1.70. The fraction of sp³-hybridized carbons (Fsp3) is 0.261. The van der Waals surface area contributed by atoms with Gasteiger partial charge in [0.05, 0.1) is 38.9 Å². The van der Waals surface area contributed by atoms with E-state index in [0.29, 0.717) is 35.7 Å². The van der Waals surface area contributed by atoms with E-state index in [1.807, 2.05) is 12.1 Å². The topological polar surface area (TPSA) is 106 Å². The minimum atomic E-state index is -0.487. The summed E-state index contributed by atoms with van der Waals surface area (Å²) in [6, 6.07) is 11.3. The molecule has 1 atom stereocenters. The molecule has 0 fully saturated rings. The molecule has 2 N–H and O–H groups in total. The van der Waals surface area contributed by atoms with E-state index in [-0.39, 0.29) is 6.03 Å². The molecular formula is C23H24N4O5. The van der Waals surface area contributed by atoms with Crippen LogP contribution in [0.3, 0.4) is 0 Å². The third-order valence-corrected chi connectivity index (χ3v) is 5.45. The lowest BCUT2D eigenvalue weighted by atomic mass is 9.95. The zero-order chi connectivity index (χ0) is 22.7. The van der Waals surface area contributed by atoms with Crippen molar-refractivity contribution in [1.29, 1.82) is 0 Å². The summed E-state index contributed by atoms with van der Waals surface area (Å²) in [5.74, 6) is 0.797. The lowest BCUT2D eigenvalue weighted by Gasteiger charge is -2.36. The molecule has 2 aromatic carbocycles. The maximum Gasteiger partial charge on any atom is 0.337 e. The second-order valence-corrected chi connectivity index (χ2v) is 7.22. The highest BCUT2D eigenvalue weighted by Gasteiger charge is 2.36. The van der Waals surface area contributed by atoms with Gasteiger partial charge in [-0.1, -0.05) is 6.07 Å². The molecule has 0 saturated heterocycles. The van der Waals surface area contributed by atoms with E-state index in [2.05, 4.69) is 15.3 Å². The summed E-state index contributed by atoms with van der Waals surface area (Å²) < 4.78 is 15.8. The van der Waals surface area contributed by atoms with Crippen LogP contribution in [0.1, 0.15) is 33.4 Å². The Kier molecular flexibility index (Phi) is 5.98. The molecule has 0 saturated carbocycles. The lowest BCUT2D eigenvalue weighted by Crippen LogP contribution is -2.43. The number of nitrogens with zero attached hydrogens (tertiary/aromatic N) is 2. The van der Waals surface area contributed by atoms with Gasteiger partial charge >= 0.3 is 12.0 Å². The maximum absolute atomic E-state index is 13.4. The normalized spacial score (nSPS) is 15.0. The van der Waals surface area contributed by atoms with Crippen LogP contribution in [0.25, 0.3) is 0 Å². The summed E-state index contributed by atoms with van der Waals surface area (Å²) >= 11 is 0. The van der Waals surface area contributed by atoms with Gasteiger partial charge in [0.15, 0.2) is 0 Å². The fourth-order valence-corrected chi connectivity index (χ4v) is 3.90. The van der Waals surface area contributed by atoms with Crippen molar-refractivity contribution in [2.45, 2.75) is 12.5 Å². The molecule has 4 rings (SSSR count). The van der Waals surface area contributed by atoms with Crippen molar-refractivity contribution in [3.63, 3.8) is 0 Å². The molecule has 1 aliphatic rings. The summed E-state index contributed by atoms with van der Waals surface area (Å²) in [6.45, 7) is 0.461. The SMILES string of the molecule is COC(=O)c1cccc(NC(=O)N2CCc3[nH]cnc3C2c2cc(OC)ccc2OC)c1. The van der Waals surface area contributed by atoms with Crippen molar-refractivity contribution in [2.75, 3.05) is 33.2 Å². The number of anilines is 1. The highest BCUT2D eigenvalue weighted by Crippen LogP contribution is 2.39. The summed E-state index contributed by atoms with van der Waals surface area (Å²) in [7, 11) is 4.49. The quantitative estimate of drug-likeness (QED) is 0.594. The Hall–Kier alpha value is -4.01. The van der Waals surface area contributed by atoms with E-state index in [1.54, 1.807) is 55.8 Å². The molecule has 1 unspecified atom stereocenters. The van der Waals surface area contributed by atoms with Gasteiger partial charge in [-0.25, -0.2) is 14.6 Å². The van der Waals surface area contributed by atoms with Crippen molar-refractivity contribution in [2.24, 2.45) is 0 Å². The molecule has 0 radical (unpaired) electrons. The molecule has 9 heteroatoms. The van der Waals surface area contributed by atoms with E-state index in [9.17, 15) is 9.59 Å². The number of aromatic nitrogens is 2. The first-order valence-electron chi connectivity index (χ1n) is 10.1. The Bertz CT molecular complexity index is 1140. The Labute approximate surface area is 185 Å². The molecule has 9 nitrogen and oxygen atoms in total. The first kappa shape index (κ1) is 21.2. The number of hydrogen-bond donors (Lipinski definition) is 2. The first-order chi connectivity index (χ1) is 15.5. The third-order valence-electron chi connectivity index (χ3n) is 5.45. The van der Waals surface area contributed by atoms with Gasteiger partial charge in [-0.15, -0.1) is 0 Å². The van der Waals surface area contributed by atoms with Gasteiger partial charge in [0.25, 0.3) is 0 Å². The van der Waals surface area contributed by atoms with Crippen LogP contribution in [-0.4, -0.2) is 54.7 Å². The number of benzene rings is 2. The van der Waals surface area contributed by atoms with E-state index in [4.69, 9.17) is 14.2 Å². The van der Waals surface area contributed by atoms with E-state index in [0.717, 1.165) is 17.0 Å². The zero-order valence-electron chi connectivity index (χ0n) is 18.0. The van der Waals surface area contributed by atoms with Gasteiger partial charge in [-0.2, -0.15) is 0 Å². The number of urea groups is 1. The van der Waals surface area contributed by atoms with E-state index >= 15 is 0 Å². The molecule has 1 aliphatic heterocycles. The number of rotatable bonds is 5. The Morgan fingerprint density at radius 3 is 2.72 bits per heavy atom. The first-order valence-corrected chi connectivity index (χ1v) is 10.1. The number of nitrogens with one attached hydrogen (secondary N) is 2. The second kappa shape index (κ2) is 9.01. The monoisotopic (exact) mass is 436 g/mol. The average molecular weight is 436 g/mol. The van der Waals surface area contributed by atoms with Gasteiger partial charge in [-0.3, -0.25) is 0 Å². The van der Waals surface area contributed by atoms with Gasteiger partial charge in [-0.05, 0) is 36.4 Å². The molecule has 32 heavy (non-hydrogen) atoms. The number of carbonyl (C=O) groups excluding carboxylic acids is 2. The molecule has 2 amide bonds. The van der Waals surface area contributed by atoms with Crippen LogP contribution in [0.4, 0.5) is 10.5 Å². The van der Waals surface area contributed by atoms with Crippen LogP contribution < -0.4 is 14.8 Å². The molecule has 1 aromatic heterocycles. The van der Waals surface area contributed by atoms with Crippen molar-refractivity contribution in [3.8, 4) is 11.5 Å². The molecule has 0 bridgehead atoms. The van der Waals surface area contributed by atoms with Gasteiger partial charge in [0.2, 0.25) is 0 Å². The van der Waals surface area contributed by atoms with Crippen LogP contribution >= 0.6 is 0 Å². The molecule has 166 valence electrons. The smallest absolute Gasteiger partial charge is 0.337 e. The van der Waals surface area contributed by atoms with Crippen LogP contribution in [0.15, 0.2) is 48.8 Å². The summed E-state index contributed by atoms with van der Waals surface area (Å²) in [5.41, 5.74) is 3.32. The van der Waals surface area contributed by atoms with Gasteiger partial charge < -0.3 is 29.4 Å². The van der Waals surface area contributed by atoms with Crippen LogP contribution in [0.2, 0.25) is 0 Å². The molecule has 2 heterocycles. The number of H-pyrrole nitrogens is 1. The predicted molar refractivity (Wildman–Crippen MR) is 117 cm³/mol. The highest BCUT2D eigenvalue weighted by molar-refractivity contribution is 5.94. The second-order valence-electron chi connectivity index (χ2n) is 7.22. The van der Waals surface area contributed by atoms with E-state index < -0.39 is 12.0 Å². The number of imidazole rings is 1. The minimum Gasteiger partial charge on any atom is -0.497 e. The number of aromatic amines is 1. The maximum atomic E-state index is 13.4. The highest BCUT2D eigenvalue weighted by atomic mass is 16.5. The molecule has 3 aromatic rings. The van der Waals surface area contributed by atoms with Crippen LogP contribution in [0.5, 0.6) is 11.5 Å². The predicted octanol–water partition coefficient (Wildman–Crippen LogP) is 3.39. The van der Waals surface area contributed by atoms with E-state index in [1.165, 1.54) is 7.11 Å². The van der Waals surface area contributed by atoms with Crippen molar-refractivity contribution in [3.05, 3.63) is 71.3 Å². The largest absolute Gasteiger partial charge is 0.497 e. The number of amides is 2. The average Bonchev–Trinajstić information content (AvgIpc) is 3.31. The van der Waals surface area contributed by atoms with Crippen LogP contribution in [0, 0.1) is 0 Å². The number of methoxy groups -OCH3 is 3. The van der Waals surface area contributed by atoms with Crippen molar-refractivity contribution < 1.29 is 23.8 Å². The number of carbonyl (C=O) groups is 2. The third kappa shape index (κ3) is 3.96. The van der Waals surface area contributed by atoms with Gasteiger partial charge in [0.1, 0.15) is 17.5 Å². The number of ether oxygens (including phenoxy) is 3. The fourth-order valence-electron chi connectivity index (χ4n) is 3.90. The summed E-state index contributed by atoms with van der Waals surface area (Å²) in [6.07, 6.45) is 2.26. The summed E-state index contributed by atoms with van der Waals surface area (Å²) in [5, 5.41) is 2.89. The molecule has 0 spiro atoms. The van der Waals surface area contributed by atoms with Crippen molar-refractivity contribution in [1.82, 2.24) is 14.9 Å². The molecule has 0 aliphatic carbocycles. The van der Waals surface area contributed by atoms with Gasteiger partial charge in [0, 0.05) is 29.9 Å². The molecular weight excluding hydrogens is 412 g/mol. The lowest BCUT2D eigenvalue weighted by molar-refractivity contribution is 0.0600. The number of fused-ring (bicyclic) bond motifs is 1. The standard InChI is InChI=1S/C23H24N4O5/c1-30-16-7-8-19(31-2)17(12-16)21-20-18(24-13-25-20)9-10-27(21)23(29)26-15-6-4-5-14(11-15)22(28)32-3/h4-8,11-13,21H,9-10H2,1-3H3,(H,24,25)(H,26,29). The summed E-state index contributed by atoms with van der Waals surface area (Å²) in [4.78, 5) is 34.6. The Morgan fingerprint density at radius 2 is 1.97 bits per heavy atom. The zero-order valence-corrected chi connectivity index (χ0v) is 18.0.